The highest BCUT2D eigenvalue weighted by Gasteiger charge is 2.12. The standard InChI is InChI=1S/C22H38/c1-6-8-10-12-14-18(3)22-17-16-21(19(4)20(22)5)15-13-11-9-7-2/h16-18H,6-15H2,1-5H3. The summed E-state index contributed by atoms with van der Waals surface area (Å²) >= 11 is 0. The Kier molecular flexibility index (Phi) is 9.52. The predicted octanol–water partition coefficient (Wildman–Crippen LogP) is 7.50. The van der Waals surface area contributed by atoms with E-state index < -0.39 is 0 Å². The topological polar surface area (TPSA) is 0 Å². The molecule has 0 spiro atoms. The van der Waals surface area contributed by atoms with Crippen LogP contribution in [0.25, 0.3) is 0 Å². The molecule has 0 amide bonds. The van der Waals surface area contributed by atoms with E-state index in [-0.39, 0.29) is 0 Å². The number of hydrogen-bond donors (Lipinski definition) is 0. The van der Waals surface area contributed by atoms with Gasteiger partial charge in [0.1, 0.15) is 0 Å². The minimum Gasteiger partial charge on any atom is -0.0654 e. The molecule has 0 heterocycles. The van der Waals surface area contributed by atoms with Crippen molar-refractivity contribution in [3.8, 4) is 0 Å². The summed E-state index contributed by atoms with van der Waals surface area (Å²) in [5, 5.41) is 0. The maximum Gasteiger partial charge on any atom is -0.0188 e. The van der Waals surface area contributed by atoms with E-state index in [4.69, 9.17) is 0 Å². The molecule has 0 aliphatic heterocycles. The van der Waals surface area contributed by atoms with Crippen LogP contribution in [0.4, 0.5) is 0 Å². The van der Waals surface area contributed by atoms with Crippen LogP contribution in [0, 0.1) is 13.8 Å². The first-order valence-electron chi connectivity index (χ1n) is 9.70. The van der Waals surface area contributed by atoms with E-state index in [1.54, 1.807) is 22.3 Å². The Labute approximate surface area is 139 Å². The molecule has 0 N–H and O–H groups in total. The van der Waals surface area contributed by atoms with Gasteiger partial charge in [0, 0.05) is 0 Å². The maximum absolute atomic E-state index is 2.42. The van der Waals surface area contributed by atoms with Crippen LogP contribution in [0.5, 0.6) is 0 Å². The van der Waals surface area contributed by atoms with E-state index >= 15 is 0 Å². The first-order chi connectivity index (χ1) is 10.6. The third kappa shape index (κ3) is 6.15. The summed E-state index contributed by atoms with van der Waals surface area (Å²) < 4.78 is 0. The monoisotopic (exact) mass is 302 g/mol. The Bertz CT molecular complexity index is 416. The molecule has 0 saturated carbocycles. The van der Waals surface area contributed by atoms with Gasteiger partial charge in [-0.3, -0.25) is 0 Å². The molecular weight excluding hydrogens is 264 g/mol. The lowest BCUT2D eigenvalue weighted by atomic mass is 9.87. The van der Waals surface area contributed by atoms with Crippen molar-refractivity contribution in [2.45, 2.75) is 105 Å². The number of rotatable bonds is 11. The molecule has 1 aromatic carbocycles. The summed E-state index contributed by atoms with van der Waals surface area (Å²) in [5.74, 6) is 0.713. The minimum absolute atomic E-state index is 0.713. The Hall–Kier alpha value is -0.780. The summed E-state index contributed by atoms with van der Waals surface area (Å²) in [5.41, 5.74) is 6.27. The molecule has 0 saturated heterocycles. The van der Waals surface area contributed by atoms with Crippen molar-refractivity contribution < 1.29 is 0 Å². The zero-order chi connectivity index (χ0) is 16.4. The maximum atomic E-state index is 2.42. The second kappa shape index (κ2) is 10.9. The molecule has 1 unspecified atom stereocenters. The molecule has 0 nitrogen and oxygen atoms in total. The molecule has 126 valence electrons. The van der Waals surface area contributed by atoms with Gasteiger partial charge in [0.05, 0.1) is 0 Å². The van der Waals surface area contributed by atoms with Crippen molar-refractivity contribution >= 4 is 0 Å². The van der Waals surface area contributed by atoms with Crippen LogP contribution < -0.4 is 0 Å². The minimum atomic E-state index is 0.713. The molecule has 0 heteroatoms. The molecule has 0 radical (unpaired) electrons. The van der Waals surface area contributed by atoms with Crippen molar-refractivity contribution in [2.24, 2.45) is 0 Å². The summed E-state index contributed by atoms with van der Waals surface area (Å²) in [6, 6.07) is 4.83. The number of aryl methyl sites for hydroxylation is 1. The van der Waals surface area contributed by atoms with Crippen LogP contribution in [0.15, 0.2) is 12.1 Å². The van der Waals surface area contributed by atoms with Gasteiger partial charge in [0.15, 0.2) is 0 Å². The molecule has 0 aliphatic carbocycles. The molecule has 0 fully saturated rings. The predicted molar refractivity (Wildman–Crippen MR) is 101 cm³/mol. The van der Waals surface area contributed by atoms with Gasteiger partial charge in [-0.25, -0.2) is 0 Å². The molecule has 1 rings (SSSR count). The lowest BCUT2D eigenvalue weighted by molar-refractivity contribution is 0.578. The molecule has 0 bridgehead atoms. The zero-order valence-corrected chi connectivity index (χ0v) is 15.8. The van der Waals surface area contributed by atoms with Crippen molar-refractivity contribution in [2.75, 3.05) is 0 Å². The SMILES string of the molecule is CCCCCCc1ccc(C(C)CCCCCC)c(C)c1C. The van der Waals surface area contributed by atoms with E-state index in [2.05, 4.69) is 46.8 Å². The zero-order valence-electron chi connectivity index (χ0n) is 15.8. The van der Waals surface area contributed by atoms with Crippen LogP contribution in [0.3, 0.4) is 0 Å². The molecule has 0 aliphatic rings. The van der Waals surface area contributed by atoms with Gasteiger partial charge < -0.3 is 0 Å². The third-order valence-electron chi connectivity index (χ3n) is 5.26. The molecular formula is C22H38. The first kappa shape index (κ1) is 19.3. The average molecular weight is 303 g/mol. The van der Waals surface area contributed by atoms with Gasteiger partial charge in [-0.05, 0) is 61.3 Å². The van der Waals surface area contributed by atoms with Gasteiger partial charge in [-0.1, -0.05) is 77.8 Å². The second-order valence-corrected chi connectivity index (χ2v) is 7.12. The summed E-state index contributed by atoms with van der Waals surface area (Å²) in [6.07, 6.45) is 13.5. The van der Waals surface area contributed by atoms with Gasteiger partial charge in [-0.15, -0.1) is 0 Å². The molecule has 0 aromatic heterocycles. The van der Waals surface area contributed by atoms with E-state index in [9.17, 15) is 0 Å². The fourth-order valence-corrected chi connectivity index (χ4v) is 3.48. The van der Waals surface area contributed by atoms with Crippen LogP contribution in [0.1, 0.15) is 107 Å². The number of unbranched alkanes of at least 4 members (excludes halogenated alkanes) is 6. The third-order valence-corrected chi connectivity index (χ3v) is 5.26. The summed E-state index contributed by atoms with van der Waals surface area (Å²) in [7, 11) is 0. The molecule has 1 aromatic rings. The highest BCUT2D eigenvalue weighted by atomic mass is 14.2. The van der Waals surface area contributed by atoms with E-state index in [1.807, 2.05) is 0 Å². The van der Waals surface area contributed by atoms with E-state index in [0.717, 1.165) is 0 Å². The average Bonchev–Trinajstić information content (AvgIpc) is 2.52. The highest BCUT2D eigenvalue weighted by Crippen LogP contribution is 2.29. The van der Waals surface area contributed by atoms with Crippen LogP contribution in [0.2, 0.25) is 0 Å². The second-order valence-electron chi connectivity index (χ2n) is 7.12. The lowest BCUT2D eigenvalue weighted by Gasteiger charge is -2.19. The van der Waals surface area contributed by atoms with Crippen molar-refractivity contribution in [3.05, 3.63) is 34.4 Å². The Morgan fingerprint density at radius 1 is 0.773 bits per heavy atom. The lowest BCUT2D eigenvalue weighted by Crippen LogP contribution is -2.02. The van der Waals surface area contributed by atoms with Crippen LogP contribution >= 0.6 is 0 Å². The van der Waals surface area contributed by atoms with Gasteiger partial charge >= 0.3 is 0 Å². The Morgan fingerprint density at radius 3 is 2.05 bits per heavy atom. The van der Waals surface area contributed by atoms with Crippen molar-refractivity contribution in [1.82, 2.24) is 0 Å². The van der Waals surface area contributed by atoms with Gasteiger partial charge in [-0.2, -0.15) is 0 Å². The smallest absolute Gasteiger partial charge is 0.0188 e. The molecule has 22 heavy (non-hydrogen) atoms. The Balaban J connectivity index is 2.60. The quantitative estimate of drug-likeness (QED) is 0.371. The summed E-state index contributed by atoms with van der Waals surface area (Å²) in [6.45, 7) is 11.7. The van der Waals surface area contributed by atoms with Gasteiger partial charge in [0.25, 0.3) is 0 Å². The van der Waals surface area contributed by atoms with E-state index in [0.29, 0.717) is 5.92 Å². The normalized spacial score (nSPS) is 12.6. The van der Waals surface area contributed by atoms with Gasteiger partial charge in [0.2, 0.25) is 0 Å². The fraction of sp³-hybridized carbons (Fsp3) is 0.727. The highest BCUT2D eigenvalue weighted by molar-refractivity contribution is 5.41. The molecule has 1 atom stereocenters. The fourth-order valence-electron chi connectivity index (χ4n) is 3.48. The van der Waals surface area contributed by atoms with Crippen molar-refractivity contribution in [3.63, 3.8) is 0 Å². The Morgan fingerprint density at radius 2 is 1.41 bits per heavy atom. The number of benzene rings is 1. The largest absolute Gasteiger partial charge is 0.0654 e. The van der Waals surface area contributed by atoms with E-state index in [1.165, 1.54) is 64.2 Å². The van der Waals surface area contributed by atoms with Crippen LogP contribution in [-0.4, -0.2) is 0 Å². The number of hydrogen-bond acceptors (Lipinski definition) is 0. The van der Waals surface area contributed by atoms with Crippen molar-refractivity contribution in [1.29, 1.82) is 0 Å². The summed E-state index contributed by atoms with van der Waals surface area (Å²) in [4.78, 5) is 0. The first-order valence-corrected chi connectivity index (χ1v) is 9.70. The van der Waals surface area contributed by atoms with Crippen LogP contribution in [-0.2, 0) is 6.42 Å².